The number of methoxy groups -OCH3 is 1. The zero-order chi connectivity index (χ0) is 21.6. The number of carbonyl (C=O) groups is 1. The molecule has 0 saturated heterocycles. The molecule has 6 rings (SSSR count). The summed E-state index contributed by atoms with van der Waals surface area (Å²) in [5.41, 5.74) is 2.32. The molecule has 6 heteroatoms. The molecule has 0 aliphatic heterocycles. The number of ether oxygens (including phenoxy) is 1. The number of thiophene rings is 1. The zero-order valence-corrected chi connectivity index (χ0v) is 20.6. The predicted molar refractivity (Wildman–Crippen MR) is 131 cm³/mol. The Hall–Kier alpha value is -1.14. The minimum atomic E-state index is -0.238. The summed E-state index contributed by atoms with van der Waals surface area (Å²) in [6, 6.07) is 0.417. The fourth-order valence-electron chi connectivity index (χ4n) is 7.74. The van der Waals surface area contributed by atoms with Gasteiger partial charge in [-0.2, -0.15) is 0 Å². The van der Waals surface area contributed by atoms with Gasteiger partial charge in [0.1, 0.15) is 5.00 Å². The number of carbonyl (C=O) groups excluding carboxylic acids is 1. The number of fused-ring (bicyclic) bond motifs is 1. The Kier molecular flexibility index (Phi) is 6.06. The van der Waals surface area contributed by atoms with E-state index in [0.29, 0.717) is 16.6 Å². The van der Waals surface area contributed by atoms with Gasteiger partial charge in [0.15, 0.2) is 5.11 Å². The quantitative estimate of drug-likeness (QED) is 0.317. The molecular weight excluding hydrogens is 424 g/mol. The summed E-state index contributed by atoms with van der Waals surface area (Å²) in [6.45, 7) is 2.30. The second-order valence-electron chi connectivity index (χ2n) is 10.6. The highest BCUT2D eigenvalue weighted by Gasteiger charge is 2.53. The van der Waals surface area contributed by atoms with E-state index >= 15 is 0 Å². The Balaban J connectivity index is 1.34. The van der Waals surface area contributed by atoms with Gasteiger partial charge in [0.25, 0.3) is 0 Å². The number of rotatable bonds is 5. The number of anilines is 1. The smallest absolute Gasteiger partial charge is 0.341 e. The number of thiocarbonyl (C=S) groups is 1. The van der Waals surface area contributed by atoms with Crippen molar-refractivity contribution < 1.29 is 9.53 Å². The van der Waals surface area contributed by atoms with Crippen LogP contribution in [0.1, 0.15) is 91.9 Å². The first-order valence-electron chi connectivity index (χ1n) is 12.3. The molecule has 1 heterocycles. The molecule has 4 nitrogen and oxygen atoms in total. The van der Waals surface area contributed by atoms with E-state index in [-0.39, 0.29) is 5.97 Å². The van der Waals surface area contributed by atoms with Crippen molar-refractivity contribution in [3.8, 4) is 0 Å². The van der Waals surface area contributed by atoms with Crippen LogP contribution in [0.5, 0.6) is 0 Å². The second kappa shape index (κ2) is 8.66. The molecule has 5 aliphatic rings. The average molecular weight is 461 g/mol. The van der Waals surface area contributed by atoms with Crippen molar-refractivity contribution in [2.45, 2.75) is 90.0 Å². The van der Waals surface area contributed by atoms with Crippen LogP contribution in [0, 0.1) is 23.2 Å². The van der Waals surface area contributed by atoms with E-state index in [0.717, 1.165) is 54.0 Å². The van der Waals surface area contributed by atoms with Gasteiger partial charge in [-0.05, 0) is 112 Å². The van der Waals surface area contributed by atoms with Gasteiger partial charge in [-0.3, -0.25) is 0 Å². The van der Waals surface area contributed by atoms with Gasteiger partial charge in [-0.15, -0.1) is 11.3 Å². The first kappa shape index (κ1) is 21.7. The first-order chi connectivity index (χ1) is 15.0. The standard InChI is InChI=1S/C25H36N2O2S2/c1-3-20(25-12-15-9-16(13-25)11-17(10-15)14-25)26-24(30)27-22-21(23(28)29-2)18-7-5-4-6-8-19(18)31-22/h15-17,20H,3-14H2,1-2H3,(H2,26,27,30). The van der Waals surface area contributed by atoms with Crippen molar-refractivity contribution in [3.63, 3.8) is 0 Å². The lowest BCUT2D eigenvalue weighted by Crippen LogP contribution is -2.57. The SMILES string of the molecule is CCC(NC(=S)Nc1sc2c(c1C(=O)OC)CCCCC2)C12CC3CC(CC(C3)C1)C2. The number of aryl methyl sites for hydroxylation is 1. The Labute approximate surface area is 195 Å². The maximum atomic E-state index is 12.6. The van der Waals surface area contributed by atoms with Crippen molar-refractivity contribution in [2.75, 3.05) is 12.4 Å². The highest BCUT2D eigenvalue weighted by molar-refractivity contribution is 7.80. The third-order valence-corrected chi connectivity index (χ3v) is 10.0. The lowest BCUT2D eigenvalue weighted by Gasteiger charge is -2.59. The molecule has 5 aliphatic carbocycles. The van der Waals surface area contributed by atoms with Gasteiger partial charge >= 0.3 is 5.97 Å². The van der Waals surface area contributed by atoms with Crippen LogP contribution in [0.2, 0.25) is 0 Å². The van der Waals surface area contributed by atoms with Crippen LogP contribution in [-0.2, 0) is 17.6 Å². The molecule has 31 heavy (non-hydrogen) atoms. The highest BCUT2D eigenvalue weighted by atomic mass is 32.1. The lowest BCUT2D eigenvalue weighted by molar-refractivity contribution is -0.0710. The van der Waals surface area contributed by atoms with Gasteiger partial charge < -0.3 is 15.4 Å². The molecule has 4 fully saturated rings. The molecule has 4 bridgehead atoms. The Bertz CT molecular complexity index is 827. The molecule has 170 valence electrons. The minimum Gasteiger partial charge on any atom is -0.465 e. The van der Waals surface area contributed by atoms with E-state index in [4.69, 9.17) is 17.0 Å². The Morgan fingerprint density at radius 3 is 2.39 bits per heavy atom. The van der Waals surface area contributed by atoms with Crippen molar-refractivity contribution >= 4 is 39.6 Å². The summed E-state index contributed by atoms with van der Waals surface area (Å²) in [6.07, 6.45) is 15.2. The molecule has 1 unspecified atom stereocenters. The van der Waals surface area contributed by atoms with Gasteiger partial charge in [0.2, 0.25) is 0 Å². The van der Waals surface area contributed by atoms with Crippen LogP contribution in [0.3, 0.4) is 0 Å². The summed E-state index contributed by atoms with van der Waals surface area (Å²) in [5, 5.41) is 8.70. The van der Waals surface area contributed by atoms with Gasteiger partial charge in [0, 0.05) is 10.9 Å². The number of nitrogens with one attached hydrogen (secondary N) is 2. The van der Waals surface area contributed by atoms with Crippen molar-refractivity contribution in [1.29, 1.82) is 0 Å². The summed E-state index contributed by atoms with van der Waals surface area (Å²) >= 11 is 7.52. The third-order valence-electron chi connectivity index (χ3n) is 8.58. The molecule has 4 saturated carbocycles. The van der Waals surface area contributed by atoms with E-state index in [1.165, 1.54) is 68.9 Å². The fraction of sp³-hybridized carbons (Fsp3) is 0.760. The maximum absolute atomic E-state index is 12.6. The molecule has 1 atom stereocenters. The van der Waals surface area contributed by atoms with Crippen LogP contribution in [-0.4, -0.2) is 24.2 Å². The molecular formula is C25H36N2O2S2. The summed E-state index contributed by atoms with van der Waals surface area (Å²) < 4.78 is 5.15. The zero-order valence-electron chi connectivity index (χ0n) is 18.9. The molecule has 1 aromatic heterocycles. The molecule has 0 aromatic carbocycles. The van der Waals surface area contributed by atoms with E-state index in [1.807, 2.05) is 0 Å². The molecule has 0 radical (unpaired) electrons. The Morgan fingerprint density at radius 1 is 1.13 bits per heavy atom. The summed E-state index contributed by atoms with van der Waals surface area (Å²) in [5.74, 6) is 2.56. The molecule has 0 spiro atoms. The molecule has 1 aromatic rings. The predicted octanol–water partition coefficient (Wildman–Crippen LogP) is 6.09. The van der Waals surface area contributed by atoms with Crippen LogP contribution in [0.15, 0.2) is 0 Å². The van der Waals surface area contributed by atoms with Crippen LogP contribution in [0.4, 0.5) is 5.00 Å². The van der Waals surface area contributed by atoms with Crippen LogP contribution < -0.4 is 10.6 Å². The van der Waals surface area contributed by atoms with E-state index in [2.05, 4.69) is 17.6 Å². The molecule has 0 amide bonds. The van der Waals surface area contributed by atoms with Crippen LogP contribution in [0.25, 0.3) is 0 Å². The number of hydrogen-bond acceptors (Lipinski definition) is 4. The highest BCUT2D eigenvalue weighted by Crippen LogP contribution is 2.61. The van der Waals surface area contributed by atoms with Gasteiger partial charge in [-0.1, -0.05) is 13.3 Å². The van der Waals surface area contributed by atoms with E-state index in [1.54, 1.807) is 11.3 Å². The van der Waals surface area contributed by atoms with Crippen molar-refractivity contribution in [2.24, 2.45) is 23.2 Å². The van der Waals surface area contributed by atoms with Crippen LogP contribution >= 0.6 is 23.6 Å². The number of esters is 1. The third kappa shape index (κ3) is 4.03. The largest absolute Gasteiger partial charge is 0.465 e. The fourth-order valence-corrected chi connectivity index (χ4v) is 9.33. The van der Waals surface area contributed by atoms with Crippen molar-refractivity contribution in [3.05, 3.63) is 16.0 Å². The summed E-state index contributed by atoms with van der Waals surface area (Å²) in [7, 11) is 1.48. The topological polar surface area (TPSA) is 50.4 Å². The Morgan fingerprint density at radius 2 is 1.77 bits per heavy atom. The normalized spacial score (nSPS) is 32.1. The lowest BCUT2D eigenvalue weighted by atomic mass is 9.47. The van der Waals surface area contributed by atoms with Crippen molar-refractivity contribution in [1.82, 2.24) is 5.32 Å². The monoisotopic (exact) mass is 460 g/mol. The number of hydrogen-bond donors (Lipinski definition) is 2. The first-order valence-corrected chi connectivity index (χ1v) is 13.5. The average Bonchev–Trinajstić information content (AvgIpc) is 2.90. The van der Waals surface area contributed by atoms with E-state index < -0.39 is 0 Å². The summed E-state index contributed by atoms with van der Waals surface area (Å²) in [4.78, 5) is 14.0. The minimum absolute atomic E-state index is 0.238. The second-order valence-corrected chi connectivity index (χ2v) is 12.1. The molecule has 2 N–H and O–H groups in total. The van der Waals surface area contributed by atoms with Gasteiger partial charge in [-0.25, -0.2) is 4.79 Å². The van der Waals surface area contributed by atoms with Gasteiger partial charge in [0.05, 0.1) is 12.7 Å². The maximum Gasteiger partial charge on any atom is 0.341 e. The van der Waals surface area contributed by atoms with E-state index in [9.17, 15) is 4.79 Å².